The molecular formula is C58H39NO2. The van der Waals surface area contributed by atoms with E-state index in [1.54, 1.807) is 0 Å². The third kappa shape index (κ3) is 6.13. The summed E-state index contributed by atoms with van der Waals surface area (Å²) < 4.78 is 12.7. The quantitative estimate of drug-likeness (QED) is 0.161. The number of hydrogen-bond donors (Lipinski definition) is 0. The van der Waals surface area contributed by atoms with Crippen LogP contribution in [0.4, 0.5) is 11.4 Å². The van der Waals surface area contributed by atoms with Crippen molar-refractivity contribution in [2.75, 3.05) is 4.90 Å². The molecule has 0 atom stereocenters. The van der Waals surface area contributed by atoms with Crippen LogP contribution in [0, 0.1) is 0 Å². The van der Waals surface area contributed by atoms with Crippen molar-refractivity contribution in [3.05, 3.63) is 224 Å². The summed E-state index contributed by atoms with van der Waals surface area (Å²) in [6.07, 6.45) is 6.56. The normalized spacial score (nSPS) is 13.0. The monoisotopic (exact) mass is 781 g/mol. The Labute approximate surface area is 353 Å². The van der Waals surface area contributed by atoms with Gasteiger partial charge in [0.15, 0.2) is 0 Å². The Morgan fingerprint density at radius 1 is 0.393 bits per heavy atom. The van der Waals surface area contributed by atoms with Gasteiger partial charge in [-0.1, -0.05) is 158 Å². The van der Waals surface area contributed by atoms with Gasteiger partial charge in [0.1, 0.15) is 22.3 Å². The first-order chi connectivity index (χ1) is 30.2. The van der Waals surface area contributed by atoms with E-state index in [4.69, 9.17) is 8.83 Å². The highest BCUT2D eigenvalue weighted by atomic mass is 16.3. The second-order valence-corrected chi connectivity index (χ2v) is 16.0. The van der Waals surface area contributed by atoms with E-state index < -0.39 is 0 Å². The predicted octanol–water partition coefficient (Wildman–Crippen LogP) is 16.5. The van der Waals surface area contributed by atoms with E-state index in [0.717, 1.165) is 68.3 Å². The third-order valence-electron chi connectivity index (χ3n) is 12.4. The van der Waals surface area contributed by atoms with E-state index in [-0.39, 0.29) is 0 Å². The number of allylic oxidation sites excluding steroid dienone is 4. The van der Waals surface area contributed by atoms with Crippen LogP contribution in [-0.4, -0.2) is 0 Å². The fourth-order valence-corrected chi connectivity index (χ4v) is 9.33. The first-order valence-electron chi connectivity index (χ1n) is 21.0. The lowest BCUT2D eigenvalue weighted by Gasteiger charge is -2.30. The Morgan fingerprint density at radius 2 is 0.967 bits per heavy atom. The van der Waals surface area contributed by atoms with Gasteiger partial charge in [-0.3, -0.25) is 0 Å². The second-order valence-electron chi connectivity index (χ2n) is 16.0. The zero-order chi connectivity index (χ0) is 40.3. The summed E-state index contributed by atoms with van der Waals surface area (Å²) in [6, 6.07) is 71.7. The number of benzene rings is 9. The second kappa shape index (κ2) is 14.4. The molecule has 9 aromatic carbocycles. The number of anilines is 2. The van der Waals surface area contributed by atoms with Crippen LogP contribution >= 0.6 is 0 Å². The molecule has 0 unspecified atom stereocenters. The van der Waals surface area contributed by atoms with Gasteiger partial charge in [-0.05, 0) is 117 Å². The Kier molecular flexibility index (Phi) is 8.31. The first kappa shape index (κ1) is 35.1. The zero-order valence-electron chi connectivity index (χ0n) is 33.4. The molecule has 288 valence electrons. The molecule has 12 rings (SSSR count). The van der Waals surface area contributed by atoms with Gasteiger partial charge >= 0.3 is 0 Å². The van der Waals surface area contributed by atoms with Crippen molar-refractivity contribution in [2.45, 2.75) is 12.8 Å². The van der Waals surface area contributed by atoms with Gasteiger partial charge in [-0.2, -0.15) is 0 Å². The van der Waals surface area contributed by atoms with Crippen molar-refractivity contribution < 1.29 is 8.83 Å². The maximum atomic E-state index is 6.50. The number of nitrogens with zero attached hydrogens (tertiary/aromatic N) is 1. The highest BCUT2D eigenvalue weighted by molar-refractivity contribution is 6.19. The summed E-state index contributed by atoms with van der Waals surface area (Å²) in [6.45, 7) is 0. The fourth-order valence-electron chi connectivity index (χ4n) is 9.33. The molecule has 0 bridgehead atoms. The molecule has 0 aliphatic heterocycles. The molecule has 1 aliphatic rings. The molecule has 0 spiro atoms. The lowest BCUT2D eigenvalue weighted by Crippen LogP contribution is -2.18. The van der Waals surface area contributed by atoms with E-state index in [9.17, 15) is 0 Å². The fraction of sp³-hybridized carbons (Fsp3) is 0.0345. The van der Waals surface area contributed by atoms with E-state index in [1.807, 2.05) is 18.2 Å². The molecule has 0 saturated carbocycles. The summed E-state index contributed by atoms with van der Waals surface area (Å²) in [5, 5.41) is 7.05. The first-order valence-corrected chi connectivity index (χ1v) is 21.0. The molecule has 11 aromatic rings. The Hall–Kier alpha value is -7.88. The van der Waals surface area contributed by atoms with Gasteiger partial charge in [0.2, 0.25) is 0 Å². The summed E-state index contributed by atoms with van der Waals surface area (Å²) in [5.41, 5.74) is 16.7. The molecule has 0 amide bonds. The minimum Gasteiger partial charge on any atom is -0.456 e. The molecule has 61 heavy (non-hydrogen) atoms. The maximum Gasteiger partial charge on any atom is 0.143 e. The SMILES string of the molecule is C1=C(c2cccc3c2oc2ccccc23)C=C(N(c2ccc(-c3ccccc3)cc2)c2ccc(-c3ccc(-c4ccc5c(ccc6oc7ccccc7c65)c4)cc3)cc2)CC1. The van der Waals surface area contributed by atoms with Crippen LogP contribution in [0.2, 0.25) is 0 Å². The smallest absolute Gasteiger partial charge is 0.143 e. The summed E-state index contributed by atoms with van der Waals surface area (Å²) in [5.74, 6) is 0. The zero-order valence-corrected chi connectivity index (χ0v) is 33.4. The van der Waals surface area contributed by atoms with Crippen molar-refractivity contribution in [3.63, 3.8) is 0 Å². The summed E-state index contributed by atoms with van der Waals surface area (Å²) in [4.78, 5) is 2.42. The Balaban J connectivity index is 0.877. The molecule has 1 aliphatic carbocycles. The van der Waals surface area contributed by atoms with E-state index in [2.05, 4.69) is 199 Å². The van der Waals surface area contributed by atoms with Gasteiger partial charge < -0.3 is 13.7 Å². The lowest BCUT2D eigenvalue weighted by molar-refractivity contribution is 0.667. The van der Waals surface area contributed by atoms with Crippen molar-refractivity contribution in [2.24, 2.45) is 0 Å². The van der Waals surface area contributed by atoms with Crippen LogP contribution in [-0.2, 0) is 0 Å². The summed E-state index contributed by atoms with van der Waals surface area (Å²) in [7, 11) is 0. The van der Waals surface area contributed by atoms with Crippen LogP contribution < -0.4 is 4.90 Å². The van der Waals surface area contributed by atoms with Gasteiger partial charge in [0.05, 0.1) is 0 Å². The molecule has 0 saturated heterocycles. The van der Waals surface area contributed by atoms with Crippen LogP contribution in [0.15, 0.2) is 227 Å². The standard InChI is InChI=1S/C58H39NO2/c1-2-10-38(11-3-1)40-24-30-46(31-25-40)59(48-13-8-12-44(37-48)50-16-9-17-52-51-14-4-6-18-54(51)61-58(50)52)47-32-26-41(27-33-47)39-20-22-42(23-21-39)43-28-34-49-45(36-43)29-35-56-57(49)53-15-5-7-19-55(53)60-56/h1-7,9-12,14-37H,8,13H2. The highest BCUT2D eigenvalue weighted by Crippen LogP contribution is 2.41. The van der Waals surface area contributed by atoms with Crippen LogP contribution in [0.3, 0.4) is 0 Å². The van der Waals surface area contributed by atoms with E-state index in [0.29, 0.717) is 0 Å². The number of fused-ring (bicyclic) bond motifs is 8. The van der Waals surface area contributed by atoms with Crippen molar-refractivity contribution in [3.8, 4) is 33.4 Å². The topological polar surface area (TPSA) is 29.5 Å². The number of hydrogen-bond acceptors (Lipinski definition) is 3. The number of furan rings is 2. The number of rotatable bonds is 7. The minimum absolute atomic E-state index is 0.916. The van der Waals surface area contributed by atoms with Crippen LogP contribution in [0.1, 0.15) is 18.4 Å². The largest absolute Gasteiger partial charge is 0.456 e. The van der Waals surface area contributed by atoms with Gasteiger partial charge in [0.25, 0.3) is 0 Å². The van der Waals surface area contributed by atoms with Crippen LogP contribution in [0.25, 0.3) is 93.6 Å². The molecular weight excluding hydrogens is 743 g/mol. The van der Waals surface area contributed by atoms with Gasteiger partial charge in [-0.25, -0.2) is 0 Å². The van der Waals surface area contributed by atoms with Gasteiger partial charge in [-0.15, -0.1) is 0 Å². The Bertz CT molecular complexity index is 3490. The molecule has 0 N–H and O–H groups in total. The molecule has 2 aromatic heterocycles. The summed E-state index contributed by atoms with van der Waals surface area (Å²) >= 11 is 0. The van der Waals surface area contributed by atoms with E-state index in [1.165, 1.54) is 60.8 Å². The molecule has 2 heterocycles. The number of para-hydroxylation sites is 3. The van der Waals surface area contributed by atoms with Crippen molar-refractivity contribution >= 4 is 71.6 Å². The predicted molar refractivity (Wildman–Crippen MR) is 255 cm³/mol. The average Bonchev–Trinajstić information content (AvgIpc) is 3.91. The van der Waals surface area contributed by atoms with E-state index >= 15 is 0 Å². The molecule has 3 nitrogen and oxygen atoms in total. The minimum atomic E-state index is 0.916. The van der Waals surface area contributed by atoms with Crippen molar-refractivity contribution in [1.82, 2.24) is 0 Å². The highest BCUT2D eigenvalue weighted by Gasteiger charge is 2.21. The lowest BCUT2D eigenvalue weighted by atomic mass is 9.94. The third-order valence-corrected chi connectivity index (χ3v) is 12.4. The molecule has 0 fully saturated rings. The molecule has 3 heteroatoms. The Morgan fingerprint density at radius 3 is 1.69 bits per heavy atom. The maximum absolute atomic E-state index is 6.50. The van der Waals surface area contributed by atoms with Gasteiger partial charge in [0, 0.05) is 44.2 Å². The average molecular weight is 782 g/mol. The molecule has 0 radical (unpaired) electrons. The van der Waals surface area contributed by atoms with Crippen molar-refractivity contribution in [1.29, 1.82) is 0 Å². The van der Waals surface area contributed by atoms with Crippen LogP contribution in [0.5, 0.6) is 0 Å².